The number of benzene rings is 1. The maximum atomic E-state index is 12.6. The van der Waals surface area contributed by atoms with Gasteiger partial charge in [-0.1, -0.05) is 5.16 Å². The van der Waals surface area contributed by atoms with E-state index in [2.05, 4.69) is 25.3 Å². The molecule has 8 nitrogen and oxygen atoms in total. The van der Waals surface area contributed by atoms with Gasteiger partial charge in [0.2, 0.25) is 5.88 Å². The van der Waals surface area contributed by atoms with Crippen LogP contribution in [0.5, 0.6) is 5.75 Å². The van der Waals surface area contributed by atoms with Crippen LogP contribution in [-0.2, 0) is 10.9 Å². The smallest absolute Gasteiger partial charge is 0.436 e. The number of nitrogens with zero attached hydrogens (tertiary/aromatic N) is 2. The topological polar surface area (TPSA) is 98.5 Å². The molecule has 2 N–H and O–H groups in total. The monoisotopic (exact) mass is 428 g/mol. The molecular weight excluding hydrogens is 413 g/mol. The third kappa shape index (κ3) is 5.45. The Morgan fingerprint density at radius 3 is 2.72 bits per heavy atom. The van der Waals surface area contributed by atoms with Gasteiger partial charge in [0.05, 0.1) is 12.3 Å². The maximum Gasteiger partial charge on any atom is 0.436 e. The van der Waals surface area contributed by atoms with Crippen LogP contribution in [0.15, 0.2) is 40.4 Å². The molecule has 0 spiro atoms. The summed E-state index contributed by atoms with van der Waals surface area (Å²) >= 11 is 1.35. The van der Waals surface area contributed by atoms with Gasteiger partial charge in [0.15, 0.2) is 5.69 Å². The second-order valence-electron chi connectivity index (χ2n) is 5.54. The van der Waals surface area contributed by atoms with Crippen molar-refractivity contribution in [2.45, 2.75) is 6.18 Å². The lowest BCUT2D eigenvalue weighted by Crippen LogP contribution is -2.19. The molecule has 0 bridgehead atoms. The second kappa shape index (κ2) is 8.92. The van der Waals surface area contributed by atoms with Crippen LogP contribution in [0.4, 0.5) is 29.5 Å². The van der Waals surface area contributed by atoms with Gasteiger partial charge >= 0.3 is 12.2 Å². The number of carbonyl (C=O) groups is 1. The van der Waals surface area contributed by atoms with Gasteiger partial charge in [-0.05, 0) is 18.2 Å². The Labute approximate surface area is 166 Å². The minimum Gasteiger partial charge on any atom is -0.491 e. The van der Waals surface area contributed by atoms with E-state index >= 15 is 0 Å². The molecule has 0 radical (unpaired) electrons. The molecular formula is C17H15F3N4O4S. The minimum absolute atomic E-state index is 0.341. The normalized spacial score (nSPS) is 11.3. The lowest BCUT2D eigenvalue weighted by Gasteiger charge is -2.12. The first-order chi connectivity index (χ1) is 13.9. The summed E-state index contributed by atoms with van der Waals surface area (Å²) in [6, 6.07) is 4.72. The van der Waals surface area contributed by atoms with Gasteiger partial charge in [-0.15, -0.1) is 11.3 Å². The fourth-order valence-corrected chi connectivity index (χ4v) is 2.90. The number of alkyl halides is 3. The van der Waals surface area contributed by atoms with Crippen LogP contribution in [0.2, 0.25) is 0 Å². The number of hydrogen-bond acceptors (Lipinski definition) is 7. The number of thiazole rings is 1. The van der Waals surface area contributed by atoms with Crippen molar-refractivity contribution in [2.75, 3.05) is 31.0 Å². The van der Waals surface area contributed by atoms with Crippen LogP contribution < -0.4 is 15.4 Å². The fourth-order valence-electron chi connectivity index (χ4n) is 2.23. The van der Waals surface area contributed by atoms with Gasteiger partial charge < -0.3 is 19.3 Å². The molecule has 2 aromatic heterocycles. The maximum absolute atomic E-state index is 12.6. The molecule has 1 aromatic carbocycles. The zero-order chi connectivity index (χ0) is 20.9. The minimum atomic E-state index is -4.67. The molecule has 154 valence electrons. The summed E-state index contributed by atoms with van der Waals surface area (Å²) < 4.78 is 52.7. The van der Waals surface area contributed by atoms with E-state index in [1.165, 1.54) is 11.3 Å². The number of carbonyl (C=O) groups excluding carboxylic acids is 1. The highest BCUT2D eigenvalue weighted by molar-refractivity contribution is 7.13. The summed E-state index contributed by atoms with van der Waals surface area (Å²) in [5.41, 5.74) is -0.278. The van der Waals surface area contributed by atoms with Gasteiger partial charge in [-0.25, -0.2) is 9.78 Å². The molecule has 3 aromatic rings. The summed E-state index contributed by atoms with van der Waals surface area (Å²) in [6.07, 6.45) is -3.06. The number of nitrogens with one attached hydrogen (secondary N) is 2. The Morgan fingerprint density at radius 1 is 1.24 bits per heavy atom. The number of aromatic nitrogens is 2. The number of anilines is 2. The third-order valence-corrected chi connectivity index (χ3v) is 4.30. The summed E-state index contributed by atoms with van der Waals surface area (Å²) in [7, 11) is 1.56. The summed E-state index contributed by atoms with van der Waals surface area (Å²) in [5, 5.41) is 9.99. The number of methoxy groups -OCH3 is 1. The average molecular weight is 428 g/mol. The number of amides is 2. The highest BCUT2D eigenvalue weighted by Gasteiger charge is 2.35. The zero-order valence-electron chi connectivity index (χ0n) is 14.9. The molecule has 2 amide bonds. The number of urea groups is 1. The third-order valence-electron chi connectivity index (χ3n) is 3.50. The molecule has 0 aliphatic rings. The first kappa shape index (κ1) is 20.6. The molecule has 0 unspecified atom stereocenters. The van der Waals surface area contributed by atoms with E-state index in [4.69, 9.17) is 9.47 Å². The summed E-state index contributed by atoms with van der Waals surface area (Å²) in [4.78, 5) is 16.4. The molecule has 3 rings (SSSR count). The molecule has 2 heterocycles. The van der Waals surface area contributed by atoms with Gasteiger partial charge in [-0.2, -0.15) is 13.2 Å². The number of hydrogen-bond donors (Lipinski definition) is 2. The molecule has 0 aliphatic carbocycles. The highest BCUT2D eigenvalue weighted by atomic mass is 32.1. The van der Waals surface area contributed by atoms with E-state index < -0.39 is 23.8 Å². The number of halogens is 3. The lowest BCUT2D eigenvalue weighted by molar-refractivity contribution is -0.142. The molecule has 12 heteroatoms. The Hall–Kier alpha value is -3.12. The average Bonchev–Trinajstić information content (AvgIpc) is 3.34. The van der Waals surface area contributed by atoms with Crippen LogP contribution in [0, 0.1) is 0 Å². The zero-order valence-corrected chi connectivity index (χ0v) is 15.8. The van der Waals surface area contributed by atoms with Crippen molar-refractivity contribution in [3.63, 3.8) is 0 Å². The first-order valence-corrected chi connectivity index (χ1v) is 9.02. The Balaban J connectivity index is 1.75. The second-order valence-corrected chi connectivity index (χ2v) is 6.43. The fraction of sp³-hybridized carbons (Fsp3) is 0.235. The van der Waals surface area contributed by atoms with E-state index in [0.717, 1.165) is 0 Å². The van der Waals surface area contributed by atoms with Crippen molar-refractivity contribution < 1.29 is 32.0 Å². The van der Waals surface area contributed by atoms with Crippen molar-refractivity contribution >= 4 is 28.9 Å². The Bertz CT molecular complexity index is 960. The quantitative estimate of drug-likeness (QED) is 0.538. The van der Waals surface area contributed by atoms with Crippen LogP contribution in [0.1, 0.15) is 5.69 Å². The van der Waals surface area contributed by atoms with E-state index in [0.29, 0.717) is 41.3 Å². The molecule has 0 aliphatic heterocycles. The van der Waals surface area contributed by atoms with Crippen molar-refractivity contribution in [1.82, 2.24) is 10.1 Å². The molecule has 29 heavy (non-hydrogen) atoms. The van der Waals surface area contributed by atoms with Crippen LogP contribution in [0.3, 0.4) is 0 Å². The SMILES string of the molecule is COCCOc1ccc(NC(=O)Nc2cc(C(F)(F)F)no2)c(-c2nccs2)c1. The van der Waals surface area contributed by atoms with E-state index in [-0.39, 0.29) is 0 Å². The van der Waals surface area contributed by atoms with Crippen molar-refractivity contribution in [3.05, 3.63) is 41.5 Å². The van der Waals surface area contributed by atoms with Gasteiger partial charge in [0.25, 0.3) is 0 Å². The van der Waals surface area contributed by atoms with Crippen LogP contribution in [-0.4, -0.2) is 36.5 Å². The van der Waals surface area contributed by atoms with Gasteiger partial charge in [0, 0.05) is 30.3 Å². The largest absolute Gasteiger partial charge is 0.491 e. The molecule has 0 atom stereocenters. The highest BCUT2D eigenvalue weighted by Crippen LogP contribution is 2.33. The molecule has 0 saturated carbocycles. The lowest BCUT2D eigenvalue weighted by atomic mass is 10.1. The number of ether oxygens (including phenoxy) is 2. The van der Waals surface area contributed by atoms with Crippen LogP contribution >= 0.6 is 11.3 Å². The first-order valence-electron chi connectivity index (χ1n) is 8.14. The number of rotatable bonds is 7. The van der Waals surface area contributed by atoms with E-state index in [9.17, 15) is 18.0 Å². The molecule has 0 fully saturated rings. The summed E-state index contributed by atoms with van der Waals surface area (Å²) in [5.74, 6) is 0.105. The van der Waals surface area contributed by atoms with E-state index in [1.807, 2.05) is 0 Å². The van der Waals surface area contributed by atoms with Gasteiger partial charge in [-0.3, -0.25) is 5.32 Å². The van der Waals surface area contributed by atoms with Crippen molar-refractivity contribution in [1.29, 1.82) is 0 Å². The van der Waals surface area contributed by atoms with Gasteiger partial charge in [0.1, 0.15) is 17.4 Å². The van der Waals surface area contributed by atoms with Crippen LogP contribution in [0.25, 0.3) is 10.6 Å². The van der Waals surface area contributed by atoms with E-state index in [1.54, 1.807) is 36.9 Å². The predicted octanol–water partition coefficient (Wildman–Crippen LogP) is 4.49. The summed E-state index contributed by atoms with van der Waals surface area (Å²) in [6.45, 7) is 0.750. The Morgan fingerprint density at radius 2 is 2.07 bits per heavy atom. The molecule has 0 saturated heterocycles. The predicted molar refractivity (Wildman–Crippen MR) is 99.1 cm³/mol. The van der Waals surface area contributed by atoms with Crippen molar-refractivity contribution in [2.24, 2.45) is 0 Å². The Kier molecular flexibility index (Phi) is 6.34. The van der Waals surface area contributed by atoms with Crippen molar-refractivity contribution in [3.8, 4) is 16.3 Å². The standard InChI is InChI=1S/C17H15F3N4O4S/c1-26-5-6-27-10-2-3-12(11(8-10)15-21-4-7-29-15)22-16(25)23-14-9-13(24-28-14)17(18,19)20/h2-4,7-9H,5-6H2,1H3,(H2,22,23,25).